The van der Waals surface area contributed by atoms with Gasteiger partial charge < -0.3 is 19.9 Å². The molecule has 1 aromatic carbocycles. The molecule has 1 heterocycles. The third-order valence-corrected chi connectivity index (χ3v) is 3.57. The van der Waals surface area contributed by atoms with Crippen molar-refractivity contribution in [2.45, 2.75) is 19.1 Å². The molecular weight excluding hydrogens is 324 g/mol. The predicted octanol–water partition coefficient (Wildman–Crippen LogP) is 1.88. The van der Waals surface area contributed by atoms with Gasteiger partial charge in [-0.15, -0.1) is 0 Å². The van der Waals surface area contributed by atoms with E-state index in [1.807, 2.05) is 12.1 Å². The third-order valence-electron chi connectivity index (χ3n) is 3.57. The summed E-state index contributed by atoms with van der Waals surface area (Å²) in [5.74, 6) is -1.06. The van der Waals surface area contributed by atoms with Crippen LogP contribution >= 0.6 is 0 Å². The highest BCUT2D eigenvalue weighted by Crippen LogP contribution is 2.15. The van der Waals surface area contributed by atoms with Gasteiger partial charge in [0.25, 0.3) is 5.91 Å². The molecule has 2 rings (SSSR count). The Balaban J connectivity index is 1.99. The van der Waals surface area contributed by atoms with E-state index < -0.39 is 17.4 Å². The summed E-state index contributed by atoms with van der Waals surface area (Å²) in [5, 5.41) is 11.7. The van der Waals surface area contributed by atoms with Gasteiger partial charge in [0.05, 0.1) is 6.61 Å². The van der Waals surface area contributed by atoms with E-state index in [1.165, 1.54) is 14.0 Å². The van der Waals surface area contributed by atoms with E-state index in [-0.39, 0.29) is 6.61 Å². The van der Waals surface area contributed by atoms with Gasteiger partial charge in [0.15, 0.2) is 5.54 Å². The zero-order chi connectivity index (χ0) is 18.3. The maximum atomic E-state index is 12.3. The molecule has 0 saturated carbocycles. The number of aliphatic carboxylic acids is 1. The largest absolute Gasteiger partial charge is 0.489 e. The van der Waals surface area contributed by atoms with Crippen LogP contribution in [0.25, 0.3) is 0 Å². The Hall–Kier alpha value is -2.93. The topological polar surface area (TPSA) is 97.8 Å². The zero-order valence-electron chi connectivity index (χ0n) is 14.1. The third kappa shape index (κ3) is 5.02. The number of nitrogens with zero attached hydrogens (tertiary/aromatic N) is 1. The minimum absolute atomic E-state index is 0.138. The lowest BCUT2D eigenvalue weighted by Gasteiger charge is -2.25. The molecule has 7 heteroatoms. The summed E-state index contributed by atoms with van der Waals surface area (Å²) < 4.78 is 10.5. The smallest absolute Gasteiger partial charge is 0.331 e. The Morgan fingerprint density at radius 1 is 1.16 bits per heavy atom. The molecule has 2 aromatic rings. The number of rotatable bonds is 8. The number of nitrogens with one attached hydrogen (secondary N) is 1. The molecule has 0 spiro atoms. The molecule has 2 N–H and O–H groups in total. The van der Waals surface area contributed by atoms with Gasteiger partial charge in [-0.05, 0) is 48.9 Å². The minimum Gasteiger partial charge on any atom is -0.489 e. The second kappa shape index (κ2) is 8.25. The zero-order valence-corrected chi connectivity index (χ0v) is 14.1. The Bertz CT molecular complexity index is 718. The first kappa shape index (κ1) is 18.4. The highest BCUT2D eigenvalue weighted by atomic mass is 16.5. The number of hydrogen-bond donors (Lipinski definition) is 2. The van der Waals surface area contributed by atoms with E-state index in [4.69, 9.17) is 9.47 Å². The summed E-state index contributed by atoms with van der Waals surface area (Å²) >= 11 is 0. The van der Waals surface area contributed by atoms with E-state index in [0.717, 1.165) is 5.56 Å². The van der Waals surface area contributed by atoms with Crippen LogP contribution < -0.4 is 10.1 Å². The van der Waals surface area contributed by atoms with Crippen LogP contribution in [0.2, 0.25) is 0 Å². The molecule has 1 aromatic heterocycles. The SMILES string of the molecule is COCC(C)(NC(=O)c1ccc(OCc2ccncc2)cc1)C(=O)O. The van der Waals surface area contributed by atoms with Gasteiger partial charge in [0.1, 0.15) is 12.4 Å². The summed E-state index contributed by atoms with van der Waals surface area (Å²) in [4.78, 5) is 27.5. The number of aromatic nitrogens is 1. The monoisotopic (exact) mass is 344 g/mol. The van der Waals surface area contributed by atoms with E-state index in [1.54, 1.807) is 36.7 Å². The number of methoxy groups -OCH3 is 1. The van der Waals surface area contributed by atoms with Crippen molar-refractivity contribution in [2.24, 2.45) is 0 Å². The molecule has 7 nitrogen and oxygen atoms in total. The molecule has 0 aliphatic heterocycles. The molecule has 1 unspecified atom stereocenters. The Kier molecular flexibility index (Phi) is 6.08. The Labute approximate surface area is 145 Å². The maximum Gasteiger partial charge on any atom is 0.331 e. The standard InChI is InChI=1S/C18H20N2O5/c1-18(12-24-2,17(22)23)20-16(21)14-3-5-15(6-4-14)25-11-13-7-9-19-10-8-13/h3-10H,11-12H2,1-2H3,(H,20,21)(H,22,23). The van der Waals surface area contributed by atoms with Crippen molar-refractivity contribution in [1.29, 1.82) is 0 Å². The molecule has 0 fully saturated rings. The molecule has 0 bridgehead atoms. The van der Waals surface area contributed by atoms with Crippen LogP contribution in [0.3, 0.4) is 0 Å². The van der Waals surface area contributed by atoms with Gasteiger partial charge in [0, 0.05) is 25.1 Å². The van der Waals surface area contributed by atoms with Gasteiger partial charge in [-0.3, -0.25) is 9.78 Å². The highest BCUT2D eigenvalue weighted by molar-refractivity contribution is 5.97. The normalized spacial score (nSPS) is 12.9. The minimum atomic E-state index is -1.50. The molecule has 1 atom stereocenters. The second-order valence-electron chi connectivity index (χ2n) is 5.69. The van der Waals surface area contributed by atoms with Gasteiger partial charge in [-0.1, -0.05) is 0 Å². The second-order valence-corrected chi connectivity index (χ2v) is 5.69. The van der Waals surface area contributed by atoms with Gasteiger partial charge in [-0.2, -0.15) is 0 Å². The molecule has 132 valence electrons. The average Bonchev–Trinajstić information content (AvgIpc) is 2.61. The number of pyridine rings is 1. The number of carbonyl (C=O) groups excluding carboxylic acids is 1. The van der Waals surface area contributed by atoms with Crippen molar-refractivity contribution >= 4 is 11.9 Å². The van der Waals surface area contributed by atoms with Crippen LogP contribution in [0.5, 0.6) is 5.75 Å². The highest BCUT2D eigenvalue weighted by Gasteiger charge is 2.35. The molecule has 0 aliphatic rings. The van der Waals surface area contributed by atoms with Gasteiger partial charge >= 0.3 is 5.97 Å². The summed E-state index contributed by atoms with van der Waals surface area (Å²) in [5.41, 5.74) is -0.184. The number of carboxylic acids is 1. The Morgan fingerprint density at radius 2 is 1.80 bits per heavy atom. The number of carboxylic acid groups (broad SMARTS) is 1. The molecular formula is C18H20N2O5. The lowest BCUT2D eigenvalue weighted by Crippen LogP contribution is -2.55. The van der Waals surface area contributed by atoms with Crippen molar-refractivity contribution < 1.29 is 24.2 Å². The number of ether oxygens (including phenoxy) is 2. The number of benzene rings is 1. The maximum absolute atomic E-state index is 12.3. The van der Waals surface area contributed by atoms with Crippen molar-refractivity contribution in [3.8, 4) is 5.75 Å². The van der Waals surface area contributed by atoms with Gasteiger partial charge in [0.2, 0.25) is 0 Å². The summed E-state index contributed by atoms with van der Waals surface area (Å²) in [6.45, 7) is 1.64. The first-order chi connectivity index (χ1) is 11.9. The fourth-order valence-corrected chi connectivity index (χ4v) is 2.11. The molecule has 0 radical (unpaired) electrons. The summed E-state index contributed by atoms with van der Waals surface area (Å²) in [6.07, 6.45) is 3.37. The van der Waals surface area contributed by atoms with E-state index in [2.05, 4.69) is 10.3 Å². The van der Waals surface area contributed by atoms with E-state index >= 15 is 0 Å². The van der Waals surface area contributed by atoms with E-state index in [0.29, 0.717) is 17.9 Å². The van der Waals surface area contributed by atoms with E-state index in [9.17, 15) is 14.7 Å². The molecule has 25 heavy (non-hydrogen) atoms. The van der Waals surface area contributed by atoms with Crippen molar-refractivity contribution in [1.82, 2.24) is 10.3 Å². The van der Waals surface area contributed by atoms with Crippen LogP contribution in [-0.2, 0) is 16.1 Å². The fourth-order valence-electron chi connectivity index (χ4n) is 2.11. The summed E-state index contributed by atoms with van der Waals surface area (Å²) in [7, 11) is 1.38. The lowest BCUT2D eigenvalue weighted by atomic mass is 10.0. The lowest BCUT2D eigenvalue weighted by molar-refractivity contribution is -0.145. The van der Waals surface area contributed by atoms with Gasteiger partial charge in [-0.25, -0.2) is 4.79 Å². The van der Waals surface area contributed by atoms with Crippen LogP contribution in [0.4, 0.5) is 0 Å². The van der Waals surface area contributed by atoms with Crippen LogP contribution in [0, 0.1) is 0 Å². The average molecular weight is 344 g/mol. The fraction of sp³-hybridized carbons (Fsp3) is 0.278. The number of amides is 1. The first-order valence-electron chi connectivity index (χ1n) is 7.61. The quantitative estimate of drug-likeness (QED) is 0.759. The number of hydrogen-bond acceptors (Lipinski definition) is 5. The first-order valence-corrected chi connectivity index (χ1v) is 7.61. The molecule has 0 saturated heterocycles. The van der Waals surface area contributed by atoms with Crippen molar-refractivity contribution in [3.63, 3.8) is 0 Å². The van der Waals surface area contributed by atoms with Crippen LogP contribution in [-0.4, -0.2) is 41.2 Å². The molecule has 0 aliphatic carbocycles. The predicted molar refractivity (Wildman–Crippen MR) is 90.4 cm³/mol. The number of carbonyl (C=O) groups is 2. The van der Waals surface area contributed by atoms with Crippen molar-refractivity contribution in [3.05, 3.63) is 59.9 Å². The van der Waals surface area contributed by atoms with Crippen molar-refractivity contribution in [2.75, 3.05) is 13.7 Å². The molecule has 1 amide bonds. The summed E-state index contributed by atoms with van der Waals surface area (Å²) in [6, 6.07) is 10.2. The van der Waals surface area contributed by atoms with Crippen LogP contribution in [0.1, 0.15) is 22.8 Å². The Morgan fingerprint density at radius 3 is 2.36 bits per heavy atom. The van der Waals surface area contributed by atoms with Crippen LogP contribution in [0.15, 0.2) is 48.8 Å².